The number of nitrogens with one attached hydrogen (secondary N) is 1. The molecule has 5 rings (SSSR count). The summed E-state index contributed by atoms with van der Waals surface area (Å²) in [4.78, 5) is 20.8. The lowest BCUT2D eigenvalue weighted by molar-refractivity contribution is -0.137. The van der Waals surface area contributed by atoms with Crippen LogP contribution in [0.2, 0.25) is 0 Å². The van der Waals surface area contributed by atoms with Gasteiger partial charge in [0.1, 0.15) is 23.3 Å². The average molecular weight is 463 g/mol. The van der Waals surface area contributed by atoms with Crippen LogP contribution < -0.4 is 5.32 Å². The minimum absolute atomic E-state index is 0.0352. The van der Waals surface area contributed by atoms with E-state index in [0.717, 1.165) is 30.6 Å². The predicted octanol–water partition coefficient (Wildman–Crippen LogP) is 4.93. The van der Waals surface area contributed by atoms with E-state index >= 15 is 0 Å². The van der Waals surface area contributed by atoms with Crippen molar-refractivity contribution in [1.82, 2.24) is 19.5 Å². The zero-order valence-electron chi connectivity index (χ0n) is 16.8. The highest BCUT2D eigenvalue weighted by molar-refractivity contribution is 6.04. The Labute approximate surface area is 182 Å². The van der Waals surface area contributed by atoms with Gasteiger partial charge in [-0.05, 0) is 37.6 Å². The van der Waals surface area contributed by atoms with Crippen molar-refractivity contribution in [2.45, 2.75) is 31.6 Å². The van der Waals surface area contributed by atoms with Crippen molar-refractivity contribution in [3.63, 3.8) is 0 Å². The Balaban J connectivity index is 1.44. The summed E-state index contributed by atoms with van der Waals surface area (Å²) in [5.41, 5.74) is -0.603. The van der Waals surface area contributed by atoms with E-state index in [0.29, 0.717) is 0 Å². The van der Waals surface area contributed by atoms with Crippen LogP contribution in [0.5, 0.6) is 0 Å². The number of pyridine rings is 1. The Bertz CT molecular complexity index is 1390. The first kappa shape index (κ1) is 21.0. The van der Waals surface area contributed by atoms with Crippen LogP contribution in [0.3, 0.4) is 0 Å². The van der Waals surface area contributed by atoms with Crippen molar-refractivity contribution in [2.75, 3.05) is 5.32 Å². The number of carbonyl (C=O) groups excluding carboxylic acids is 1. The Morgan fingerprint density at radius 1 is 1.27 bits per heavy atom. The van der Waals surface area contributed by atoms with Crippen molar-refractivity contribution >= 4 is 17.2 Å². The molecule has 1 saturated carbocycles. The third-order valence-corrected chi connectivity index (χ3v) is 5.40. The number of aromatic nitrogens is 4. The smallest absolute Gasteiger partial charge is 0.339 e. The molecule has 0 radical (unpaired) electrons. The molecule has 1 N–H and O–H groups in total. The molecule has 1 fully saturated rings. The van der Waals surface area contributed by atoms with E-state index in [-0.39, 0.29) is 46.3 Å². The van der Waals surface area contributed by atoms with Gasteiger partial charge in [-0.25, -0.2) is 13.8 Å². The third-order valence-electron chi connectivity index (χ3n) is 5.40. The monoisotopic (exact) mass is 463 g/mol. The van der Waals surface area contributed by atoms with Gasteiger partial charge in [-0.3, -0.25) is 9.20 Å². The molecule has 33 heavy (non-hydrogen) atoms. The second-order valence-corrected chi connectivity index (χ2v) is 7.68. The Hall–Kier alpha value is -3.83. The van der Waals surface area contributed by atoms with Gasteiger partial charge in [0.05, 0.1) is 17.7 Å². The number of rotatable bonds is 4. The Kier molecular flexibility index (Phi) is 4.69. The third kappa shape index (κ3) is 3.81. The highest BCUT2D eigenvalue weighted by atomic mass is 19.4. The number of alkyl halides is 4. The van der Waals surface area contributed by atoms with E-state index in [2.05, 4.69) is 20.4 Å². The van der Waals surface area contributed by atoms with Crippen LogP contribution in [-0.2, 0) is 6.18 Å². The van der Waals surface area contributed by atoms with Crippen LogP contribution in [0.1, 0.15) is 39.8 Å². The van der Waals surface area contributed by atoms with Gasteiger partial charge < -0.3 is 9.84 Å². The molecule has 2 atom stereocenters. The summed E-state index contributed by atoms with van der Waals surface area (Å²) in [5, 5.41) is 6.30. The number of hydrogen-bond donors (Lipinski definition) is 1. The van der Waals surface area contributed by atoms with E-state index in [4.69, 9.17) is 4.52 Å². The summed E-state index contributed by atoms with van der Waals surface area (Å²) in [6, 6.07) is 4.23. The minimum Gasteiger partial charge on any atom is -0.339 e. The van der Waals surface area contributed by atoms with Gasteiger partial charge in [0.2, 0.25) is 11.7 Å². The molecule has 7 nitrogen and oxygen atoms in total. The normalized spacial score (nSPS) is 18.0. The number of amides is 1. The minimum atomic E-state index is -4.55. The number of hydrogen-bond acceptors (Lipinski definition) is 5. The zero-order valence-corrected chi connectivity index (χ0v) is 16.8. The molecule has 3 heterocycles. The highest BCUT2D eigenvalue weighted by Crippen LogP contribution is 2.43. The topological polar surface area (TPSA) is 85.3 Å². The molecule has 1 aliphatic rings. The van der Waals surface area contributed by atoms with Crippen molar-refractivity contribution in [3.8, 4) is 11.4 Å². The maximum Gasteiger partial charge on any atom is 0.416 e. The van der Waals surface area contributed by atoms with Crippen LogP contribution in [0.4, 0.5) is 27.6 Å². The lowest BCUT2D eigenvalue weighted by Gasteiger charge is -2.11. The molecule has 0 unspecified atom stereocenters. The number of imidazole rings is 1. The van der Waals surface area contributed by atoms with Gasteiger partial charge in [-0.2, -0.15) is 18.2 Å². The fourth-order valence-electron chi connectivity index (χ4n) is 3.37. The standard InChI is InChI=1S/C21H14F5N5O2/c1-9-13(22)4-10(18-29-20(33-30-18)12-7-14(12)23)5-15(9)28-19(32)16-8-27-17-6-11(21(24,25)26)2-3-31(16)17/h2-6,8,12,14H,7H2,1H3,(H,28,32)/t12-,14-/m0/s1. The van der Waals surface area contributed by atoms with Crippen LogP contribution >= 0.6 is 0 Å². The molecule has 1 amide bonds. The largest absolute Gasteiger partial charge is 0.416 e. The SMILES string of the molecule is Cc1c(F)cc(-c2noc([C@H]3C[C@@H]3F)n2)cc1NC(=O)c1cnc2cc(C(F)(F)F)ccn12. The van der Waals surface area contributed by atoms with E-state index in [9.17, 15) is 26.7 Å². The summed E-state index contributed by atoms with van der Waals surface area (Å²) in [6.07, 6.45) is -3.10. The number of carbonyl (C=O) groups is 1. The molecule has 4 aromatic rings. The Morgan fingerprint density at radius 2 is 2.03 bits per heavy atom. The van der Waals surface area contributed by atoms with E-state index in [1.54, 1.807) is 0 Å². The van der Waals surface area contributed by atoms with Crippen molar-refractivity contribution in [2.24, 2.45) is 0 Å². The van der Waals surface area contributed by atoms with Gasteiger partial charge in [-0.15, -0.1) is 0 Å². The molecule has 0 spiro atoms. The fourth-order valence-corrected chi connectivity index (χ4v) is 3.37. The summed E-state index contributed by atoms with van der Waals surface area (Å²) in [5.74, 6) is -1.68. The molecule has 0 bridgehead atoms. The van der Waals surface area contributed by atoms with Crippen molar-refractivity contribution in [3.05, 3.63) is 65.2 Å². The first-order valence-corrected chi connectivity index (χ1v) is 9.75. The number of anilines is 1. The van der Waals surface area contributed by atoms with Crippen LogP contribution in [0.15, 0.2) is 41.2 Å². The first-order chi connectivity index (χ1) is 15.6. The highest BCUT2D eigenvalue weighted by Gasteiger charge is 2.43. The molecule has 0 aliphatic heterocycles. The maximum absolute atomic E-state index is 14.5. The molecular formula is C21H14F5N5O2. The average Bonchev–Trinajstić information content (AvgIpc) is 3.17. The molecule has 3 aromatic heterocycles. The fraction of sp³-hybridized carbons (Fsp3) is 0.238. The zero-order chi connectivity index (χ0) is 23.5. The predicted molar refractivity (Wildman–Crippen MR) is 105 cm³/mol. The molecule has 12 heteroatoms. The summed E-state index contributed by atoms with van der Waals surface area (Å²) in [7, 11) is 0. The van der Waals surface area contributed by atoms with Crippen LogP contribution in [-0.4, -0.2) is 31.6 Å². The first-order valence-electron chi connectivity index (χ1n) is 9.75. The van der Waals surface area contributed by atoms with Crippen molar-refractivity contribution < 1.29 is 31.3 Å². The summed E-state index contributed by atoms with van der Waals surface area (Å²) < 4.78 is 72.7. The van der Waals surface area contributed by atoms with Gasteiger partial charge in [-0.1, -0.05) is 5.16 Å². The maximum atomic E-state index is 14.5. The van der Waals surface area contributed by atoms with Crippen LogP contribution in [0.25, 0.3) is 17.0 Å². The Morgan fingerprint density at radius 3 is 2.73 bits per heavy atom. The van der Waals surface area contributed by atoms with Gasteiger partial charge >= 0.3 is 6.18 Å². The van der Waals surface area contributed by atoms with E-state index < -0.39 is 35.6 Å². The quantitative estimate of drug-likeness (QED) is 0.434. The van der Waals surface area contributed by atoms with Crippen molar-refractivity contribution in [1.29, 1.82) is 0 Å². The van der Waals surface area contributed by atoms with E-state index in [1.807, 2.05) is 0 Å². The summed E-state index contributed by atoms with van der Waals surface area (Å²) >= 11 is 0. The lowest BCUT2D eigenvalue weighted by Crippen LogP contribution is -2.16. The van der Waals surface area contributed by atoms with Crippen LogP contribution in [0, 0.1) is 12.7 Å². The molecule has 0 saturated heterocycles. The molecular weight excluding hydrogens is 449 g/mol. The molecule has 1 aliphatic carbocycles. The van der Waals surface area contributed by atoms with E-state index in [1.165, 1.54) is 17.4 Å². The number of halogens is 5. The summed E-state index contributed by atoms with van der Waals surface area (Å²) in [6.45, 7) is 1.44. The van der Waals surface area contributed by atoms with Gasteiger partial charge in [0.15, 0.2) is 0 Å². The second kappa shape index (κ2) is 7.36. The molecule has 170 valence electrons. The van der Waals surface area contributed by atoms with Gasteiger partial charge in [0.25, 0.3) is 5.91 Å². The number of fused-ring (bicyclic) bond motifs is 1. The lowest BCUT2D eigenvalue weighted by atomic mass is 10.1. The number of benzene rings is 1. The van der Waals surface area contributed by atoms with Gasteiger partial charge in [0, 0.05) is 23.0 Å². The number of nitrogens with zero attached hydrogens (tertiary/aromatic N) is 4. The molecule has 1 aromatic carbocycles. The second-order valence-electron chi connectivity index (χ2n) is 7.68.